The molecule has 1 aromatic rings. The summed E-state index contributed by atoms with van der Waals surface area (Å²) in [6, 6.07) is 7.88. The first-order chi connectivity index (χ1) is 14.5. The zero-order valence-corrected chi connectivity index (χ0v) is 16.9. The average Bonchev–Trinajstić information content (AvgIpc) is 2.77. The van der Waals surface area contributed by atoms with Gasteiger partial charge in [-0.3, -0.25) is 0 Å². The van der Waals surface area contributed by atoms with Crippen molar-refractivity contribution in [3.63, 3.8) is 0 Å². The van der Waals surface area contributed by atoms with E-state index < -0.39 is 11.9 Å². The molecule has 8 nitrogen and oxygen atoms in total. The first kappa shape index (κ1) is 22.8. The van der Waals surface area contributed by atoms with Crippen molar-refractivity contribution in [1.29, 1.82) is 0 Å². The third kappa shape index (κ3) is 7.84. The molecule has 1 aliphatic rings. The van der Waals surface area contributed by atoms with Crippen LogP contribution in [0.15, 0.2) is 73.5 Å². The van der Waals surface area contributed by atoms with Crippen LogP contribution in [0, 0.1) is 0 Å². The normalized spacial score (nSPS) is 14.9. The van der Waals surface area contributed by atoms with Gasteiger partial charge in [0, 0.05) is 35.3 Å². The minimum Gasteiger partial charge on any atom is -0.461 e. The number of hydrogen-bond donors (Lipinski definition) is 3. The van der Waals surface area contributed by atoms with Gasteiger partial charge in [-0.15, -0.1) is 0 Å². The number of benzene rings is 1. The van der Waals surface area contributed by atoms with Gasteiger partial charge in [0.25, 0.3) is 0 Å². The molecule has 8 heteroatoms. The number of nitrogens with one attached hydrogen (secondary N) is 2. The van der Waals surface area contributed by atoms with Gasteiger partial charge in [-0.25, -0.2) is 15.0 Å². The number of nitrogens with two attached hydrogens (primary N) is 1. The van der Waals surface area contributed by atoms with E-state index in [0.717, 1.165) is 35.6 Å². The maximum Gasteiger partial charge on any atom is 0.330 e. The van der Waals surface area contributed by atoms with Gasteiger partial charge in [-0.2, -0.15) is 0 Å². The predicted octanol–water partition coefficient (Wildman–Crippen LogP) is 2.04. The Morgan fingerprint density at radius 1 is 1.10 bits per heavy atom. The third-order valence-corrected chi connectivity index (χ3v) is 4.31. The molecule has 0 heterocycles. The van der Waals surface area contributed by atoms with Crippen LogP contribution in [0.4, 0.5) is 11.4 Å². The van der Waals surface area contributed by atoms with E-state index in [1.54, 1.807) is 0 Å². The van der Waals surface area contributed by atoms with Crippen LogP contribution in [0.3, 0.4) is 0 Å². The summed E-state index contributed by atoms with van der Waals surface area (Å²) >= 11 is 0. The highest BCUT2D eigenvalue weighted by molar-refractivity contribution is 5.81. The lowest BCUT2D eigenvalue weighted by Crippen LogP contribution is -2.33. The Bertz CT molecular complexity index is 776. The Hall–Kier alpha value is -3.52. The highest BCUT2D eigenvalue weighted by Gasteiger charge is 2.10. The van der Waals surface area contributed by atoms with Gasteiger partial charge in [-0.05, 0) is 36.8 Å². The maximum atomic E-state index is 11.3. The van der Waals surface area contributed by atoms with Crippen LogP contribution in [-0.4, -0.2) is 44.3 Å². The van der Waals surface area contributed by atoms with Crippen molar-refractivity contribution in [1.82, 2.24) is 5.43 Å². The number of hydrazine groups is 1. The molecular weight excluding hydrogens is 384 g/mol. The summed E-state index contributed by atoms with van der Waals surface area (Å²) in [5, 5.41) is 0. The highest BCUT2D eigenvalue weighted by Crippen LogP contribution is 2.18. The molecular formula is C22H28N4O4. The van der Waals surface area contributed by atoms with Crippen molar-refractivity contribution in [3.8, 4) is 0 Å². The second-order valence-corrected chi connectivity index (χ2v) is 6.45. The van der Waals surface area contributed by atoms with E-state index in [2.05, 4.69) is 24.0 Å². The quantitative estimate of drug-likeness (QED) is 0.272. The Balaban J connectivity index is 1.91. The van der Waals surface area contributed by atoms with E-state index in [4.69, 9.17) is 15.2 Å². The molecule has 1 unspecified atom stereocenters. The van der Waals surface area contributed by atoms with Crippen LogP contribution in [0.25, 0.3) is 0 Å². The number of esters is 2. The number of ether oxygens (including phenoxy) is 2. The Kier molecular flexibility index (Phi) is 9.20. The van der Waals surface area contributed by atoms with E-state index in [9.17, 15) is 9.59 Å². The number of carbonyl (C=O) groups is 2. The Labute approximate surface area is 176 Å². The van der Waals surface area contributed by atoms with E-state index in [1.165, 1.54) is 0 Å². The molecule has 0 saturated heterocycles. The van der Waals surface area contributed by atoms with E-state index in [1.807, 2.05) is 47.4 Å². The van der Waals surface area contributed by atoms with Gasteiger partial charge in [0.2, 0.25) is 0 Å². The first-order valence-electron chi connectivity index (χ1n) is 9.60. The third-order valence-electron chi connectivity index (χ3n) is 4.31. The monoisotopic (exact) mass is 412 g/mol. The summed E-state index contributed by atoms with van der Waals surface area (Å²) in [4.78, 5) is 24.5. The molecule has 0 radical (unpaired) electrons. The van der Waals surface area contributed by atoms with Crippen LogP contribution < -0.4 is 21.5 Å². The summed E-state index contributed by atoms with van der Waals surface area (Å²) < 4.78 is 10.1. The van der Waals surface area contributed by atoms with Crippen molar-refractivity contribution < 1.29 is 19.1 Å². The molecule has 0 fully saturated rings. The Morgan fingerprint density at radius 3 is 2.20 bits per heavy atom. The van der Waals surface area contributed by atoms with Gasteiger partial charge in [0.1, 0.15) is 13.2 Å². The van der Waals surface area contributed by atoms with Crippen molar-refractivity contribution in [3.05, 3.63) is 73.5 Å². The molecule has 0 spiro atoms. The van der Waals surface area contributed by atoms with Crippen LogP contribution >= 0.6 is 0 Å². The zero-order chi connectivity index (χ0) is 21.8. The van der Waals surface area contributed by atoms with Crippen molar-refractivity contribution in [2.24, 2.45) is 5.73 Å². The van der Waals surface area contributed by atoms with Crippen LogP contribution in [0.5, 0.6) is 0 Å². The molecule has 0 amide bonds. The summed E-state index contributed by atoms with van der Waals surface area (Å²) in [6.45, 7) is 8.01. The topological polar surface area (TPSA) is 106 Å². The highest BCUT2D eigenvalue weighted by atomic mass is 16.5. The van der Waals surface area contributed by atoms with Crippen molar-refractivity contribution in [2.45, 2.75) is 12.5 Å². The fourth-order valence-electron chi connectivity index (χ4n) is 2.68. The molecule has 30 heavy (non-hydrogen) atoms. The van der Waals surface area contributed by atoms with Gasteiger partial charge >= 0.3 is 11.9 Å². The number of hydrogen-bond acceptors (Lipinski definition) is 8. The molecule has 0 aromatic heterocycles. The minimum atomic E-state index is -0.480. The molecule has 1 aromatic carbocycles. The number of nitrogens with zero attached hydrogens (tertiary/aromatic N) is 1. The van der Waals surface area contributed by atoms with Crippen LogP contribution in [0.1, 0.15) is 6.42 Å². The van der Waals surface area contributed by atoms with Gasteiger partial charge in [-0.1, -0.05) is 25.3 Å². The lowest BCUT2D eigenvalue weighted by molar-refractivity contribution is -0.137. The zero-order valence-electron chi connectivity index (χ0n) is 16.9. The summed E-state index contributed by atoms with van der Waals surface area (Å²) in [5.41, 5.74) is 14.7. The SMILES string of the molecule is C=CC(=O)OCCN(CCOC(=O)C=C)c1ccc(NNC2C=CC(N)=CC2)cc1. The van der Waals surface area contributed by atoms with Crippen molar-refractivity contribution >= 4 is 23.3 Å². The summed E-state index contributed by atoms with van der Waals surface area (Å²) in [6.07, 6.45) is 8.91. The van der Waals surface area contributed by atoms with Gasteiger partial charge < -0.3 is 25.5 Å². The van der Waals surface area contributed by atoms with Crippen LogP contribution in [0.2, 0.25) is 0 Å². The molecule has 2 rings (SSSR count). The number of allylic oxidation sites excluding steroid dienone is 1. The lowest BCUT2D eigenvalue weighted by atomic mass is 10.1. The van der Waals surface area contributed by atoms with Crippen LogP contribution in [-0.2, 0) is 19.1 Å². The van der Waals surface area contributed by atoms with E-state index in [0.29, 0.717) is 13.1 Å². The van der Waals surface area contributed by atoms with Crippen molar-refractivity contribution in [2.75, 3.05) is 36.6 Å². The minimum absolute atomic E-state index is 0.160. The number of anilines is 2. The fourth-order valence-corrected chi connectivity index (χ4v) is 2.68. The predicted molar refractivity (Wildman–Crippen MR) is 118 cm³/mol. The summed E-state index contributed by atoms with van der Waals surface area (Å²) in [5.74, 6) is -0.959. The average molecular weight is 412 g/mol. The largest absolute Gasteiger partial charge is 0.461 e. The smallest absolute Gasteiger partial charge is 0.330 e. The molecule has 0 saturated carbocycles. The molecule has 4 N–H and O–H groups in total. The van der Waals surface area contributed by atoms with Gasteiger partial charge in [0.05, 0.1) is 13.1 Å². The standard InChI is InChI=1S/C22H28N4O4/c1-3-21(27)29-15-13-26(14-16-30-22(28)4-2)20-11-9-19(10-12-20)25-24-18-7-5-17(23)6-8-18/h3-7,9-12,18,24-25H,1-2,8,13-16,23H2. The fraction of sp³-hybridized carbons (Fsp3) is 0.273. The molecule has 1 aliphatic carbocycles. The maximum absolute atomic E-state index is 11.3. The second-order valence-electron chi connectivity index (χ2n) is 6.45. The second kappa shape index (κ2) is 12.1. The number of rotatable bonds is 12. The van der Waals surface area contributed by atoms with Gasteiger partial charge in [0.15, 0.2) is 0 Å². The Morgan fingerprint density at radius 2 is 1.70 bits per heavy atom. The first-order valence-corrected chi connectivity index (χ1v) is 9.60. The number of carbonyl (C=O) groups excluding carboxylic acids is 2. The summed E-state index contributed by atoms with van der Waals surface area (Å²) in [7, 11) is 0. The molecule has 0 bridgehead atoms. The lowest BCUT2D eigenvalue weighted by Gasteiger charge is -2.25. The van der Waals surface area contributed by atoms with E-state index >= 15 is 0 Å². The molecule has 0 aliphatic heterocycles. The molecule has 160 valence electrons. The molecule has 1 atom stereocenters. The van der Waals surface area contributed by atoms with E-state index in [-0.39, 0.29) is 19.3 Å².